The molecular weight excluding hydrogens is 204 g/mol. The lowest BCUT2D eigenvalue weighted by atomic mass is 10.2. The minimum Gasteiger partial charge on any atom is -0.314 e. The van der Waals surface area contributed by atoms with Crippen molar-refractivity contribution in [1.82, 2.24) is 10.6 Å². The molecule has 1 aliphatic rings. The molecule has 2 N–H and O–H groups in total. The van der Waals surface area contributed by atoms with E-state index < -0.39 is 0 Å². The minimum atomic E-state index is 0. The number of thiophene rings is 1. The Morgan fingerprint density at radius 2 is 2.23 bits per heavy atom. The van der Waals surface area contributed by atoms with Crippen LogP contribution in [0.5, 0.6) is 0 Å². The third-order valence-corrected chi connectivity index (χ3v) is 3.26. The van der Waals surface area contributed by atoms with Gasteiger partial charge in [0.1, 0.15) is 0 Å². The highest BCUT2D eigenvalue weighted by Gasteiger charge is 2.14. The third kappa shape index (κ3) is 2.68. The van der Waals surface area contributed by atoms with Gasteiger partial charge in [-0.3, -0.25) is 0 Å². The molecular formula is C9H15ClN2S. The average molecular weight is 219 g/mol. The van der Waals surface area contributed by atoms with Gasteiger partial charge in [-0.05, 0) is 19.1 Å². The molecule has 0 radical (unpaired) electrons. The maximum atomic E-state index is 3.50. The van der Waals surface area contributed by atoms with Crippen molar-refractivity contribution in [3.05, 3.63) is 21.9 Å². The van der Waals surface area contributed by atoms with Crippen LogP contribution >= 0.6 is 23.7 Å². The highest BCUT2D eigenvalue weighted by molar-refractivity contribution is 7.12. The first-order chi connectivity index (χ1) is 5.86. The molecule has 74 valence electrons. The standard InChI is InChI=1S/C9H14N2S.ClH/c1-7-2-3-9(12-7)8-6-10-4-5-11-8;/h2-3,8,10-11H,4-6H2,1H3;1H/t8-;/m1./s1. The summed E-state index contributed by atoms with van der Waals surface area (Å²) in [6.07, 6.45) is 0. The monoisotopic (exact) mass is 218 g/mol. The summed E-state index contributed by atoms with van der Waals surface area (Å²) in [6.45, 7) is 5.41. The van der Waals surface area contributed by atoms with E-state index in [1.165, 1.54) is 9.75 Å². The first-order valence-electron chi connectivity index (χ1n) is 4.37. The number of hydrogen-bond donors (Lipinski definition) is 2. The summed E-state index contributed by atoms with van der Waals surface area (Å²) in [4.78, 5) is 2.86. The number of nitrogens with one attached hydrogen (secondary N) is 2. The van der Waals surface area contributed by atoms with Crippen LogP contribution in [-0.2, 0) is 0 Å². The van der Waals surface area contributed by atoms with Gasteiger partial charge >= 0.3 is 0 Å². The van der Waals surface area contributed by atoms with Gasteiger partial charge in [0.05, 0.1) is 6.04 Å². The van der Waals surface area contributed by atoms with Crippen LogP contribution in [0.4, 0.5) is 0 Å². The molecule has 0 saturated carbocycles. The number of rotatable bonds is 1. The molecule has 4 heteroatoms. The number of halogens is 1. The molecule has 0 spiro atoms. The predicted octanol–water partition coefficient (Wildman–Crippen LogP) is 1.71. The van der Waals surface area contributed by atoms with Crippen LogP contribution in [-0.4, -0.2) is 19.6 Å². The van der Waals surface area contributed by atoms with Crippen molar-refractivity contribution in [3.8, 4) is 0 Å². The smallest absolute Gasteiger partial charge is 0.0542 e. The molecule has 1 aromatic heterocycles. The van der Waals surface area contributed by atoms with E-state index in [9.17, 15) is 0 Å². The first kappa shape index (κ1) is 11.0. The van der Waals surface area contributed by atoms with Crippen molar-refractivity contribution in [2.24, 2.45) is 0 Å². The van der Waals surface area contributed by atoms with E-state index in [0.717, 1.165) is 19.6 Å². The SMILES string of the molecule is Cc1ccc([C@H]2CNCCN2)s1.Cl. The van der Waals surface area contributed by atoms with E-state index in [4.69, 9.17) is 0 Å². The predicted molar refractivity (Wildman–Crippen MR) is 59.9 cm³/mol. The van der Waals surface area contributed by atoms with Crippen molar-refractivity contribution in [2.75, 3.05) is 19.6 Å². The molecule has 2 heterocycles. The Bertz CT molecular complexity index is 256. The van der Waals surface area contributed by atoms with Gasteiger partial charge < -0.3 is 10.6 Å². The molecule has 0 amide bonds. The van der Waals surface area contributed by atoms with Crippen LogP contribution in [0, 0.1) is 6.92 Å². The van der Waals surface area contributed by atoms with Gasteiger partial charge in [-0.25, -0.2) is 0 Å². The summed E-state index contributed by atoms with van der Waals surface area (Å²) in [5.74, 6) is 0. The van der Waals surface area contributed by atoms with E-state index >= 15 is 0 Å². The second-order valence-corrected chi connectivity index (χ2v) is 4.48. The molecule has 1 atom stereocenters. The molecule has 13 heavy (non-hydrogen) atoms. The second kappa shape index (κ2) is 4.96. The van der Waals surface area contributed by atoms with E-state index in [1.807, 2.05) is 11.3 Å². The van der Waals surface area contributed by atoms with Crippen LogP contribution < -0.4 is 10.6 Å². The zero-order chi connectivity index (χ0) is 8.39. The summed E-state index contributed by atoms with van der Waals surface area (Å²) in [7, 11) is 0. The van der Waals surface area contributed by atoms with Crippen LogP contribution in [0.3, 0.4) is 0 Å². The Hall–Kier alpha value is -0.0900. The number of hydrogen-bond acceptors (Lipinski definition) is 3. The molecule has 1 fully saturated rings. The lowest BCUT2D eigenvalue weighted by Gasteiger charge is -2.23. The Kier molecular flexibility index (Phi) is 4.19. The third-order valence-electron chi connectivity index (χ3n) is 2.15. The summed E-state index contributed by atoms with van der Waals surface area (Å²) in [6, 6.07) is 4.96. The van der Waals surface area contributed by atoms with Gasteiger partial charge in [0.2, 0.25) is 0 Å². The van der Waals surface area contributed by atoms with Crippen molar-refractivity contribution in [1.29, 1.82) is 0 Å². The average Bonchev–Trinajstić information content (AvgIpc) is 2.54. The normalized spacial score (nSPS) is 22.4. The molecule has 0 aromatic carbocycles. The zero-order valence-corrected chi connectivity index (χ0v) is 9.30. The lowest BCUT2D eigenvalue weighted by Crippen LogP contribution is -2.42. The van der Waals surface area contributed by atoms with Crippen LogP contribution in [0.1, 0.15) is 15.8 Å². The summed E-state index contributed by atoms with van der Waals surface area (Å²) >= 11 is 1.89. The van der Waals surface area contributed by atoms with Gasteiger partial charge in [0, 0.05) is 29.4 Å². The van der Waals surface area contributed by atoms with Crippen molar-refractivity contribution in [2.45, 2.75) is 13.0 Å². The second-order valence-electron chi connectivity index (χ2n) is 3.16. The summed E-state index contributed by atoms with van der Waals surface area (Å²) < 4.78 is 0. The Balaban J connectivity index is 0.000000845. The molecule has 0 bridgehead atoms. The molecule has 1 aliphatic heterocycles. The maximum absolute atomic E-state index is 3.50. The van der Waals surface area contributed by atoms with Gasteiger partial charge in [-0.1, -0.05) is 0 Å². The topological polar surface area (TPSA) is 24.1 Å². The Morgan fingerprint density at radius 3 is 2.77 bits per heavy atom. The molecule has 1 aromatic rings. The van der Waals surface area contributed by atoms with E-state index in [2.05, 4.69) is 29.7 Å². The maximum Gasteiger partial charge on any atom is 0.0542 e. The fraction of sp³-hybridized carbons (Fsp3) is 0.556. The fourth-order valence-corrected chi connectivity index (χ4v) is 2.45. The Morgan fingerprint density at radius 1 is 1.38 bits per heavy atom. The summed E-state index contributed by atoms with van der Waals surface area (Å²) in [5.41, 5.74) is 0. The van der Waals surface area contributed by atoms with E-state index in [0.29, 0.717) is 6.04 Å². The van der Waals surface area contributed by atoms with Gasteiger partial charge in [-0.2, -0.15) is 0 Å². The minimum absolute atomic E-state index is 0. The molecule has 2 nitrogen and oxygen atoms in total. The fourth-order valence-electron chi connectivity index (χ4n) is 1.50. The lowest BCUT2D eigenvalue weighted by molar-refractivity contribution is 0.435. The van der Waals surface area contributed by atoms with Crippen molar-refractivity contribution in [3.63, 3.8) is 0 Å². The molecule has 1 saturated heterocycles. The highest BCUT2D eigenvalue weighted by Crippen LogP contribution is 2.22. The van der Waals surface area contributed by atoms with Crippen molar-refractivity contribution < 1.29 is 0 Å². The first-order valence-corrected chi connectivity index (χ1v) is 5.18. The molecule has 2 rings (SSSR count). The highest BCUT2D eigenvalue weighted by atomic mass is 35.5. The van der Waals surface area contributed by atoms with Gasteiger partial charge in [0.15, 0.2) is 0 Å². The quantitative estimate of drug-likeness (QED) is 0.750. The zero-order valence-electron chi connectivity index (χ0n) is 7.67. The Labute approximate surface area is 89.1 Å². The molecule has 0 aliphatic carbocycles. The summed E-state index contributed by atoms with van der Waals surface area (Å²) in [5, 5.41) is 6.88. The van der Waals surface area contributed by atoms with E-state index in [-0.39, 0.29) is 12.4 Å². The van der Waals surface area contributed by atoms with Crippen LogP contribution in [0.25, 0.3) is 0 Å². The van der Waals surface area contributed by atoms with Gasteiger partial charge in [-0.15, -0.1) is 23.7 Å². The van der Waals surface area contributed by atoms with Crippen LogP contribution in [0.2, 0.25) is 0 Å². The number of aryl methyl sites for hydroxylation is 1. The largest absolute Gasteiger partial charge is 0.314 e. The van der Waals surface area contributed by atoms with Crippen molar-refractivity contribution >= 4 is 23.7 Å². The van der Waals surface area contributed by atoms with Gasteiger partial charge in [0.25, 0.3) is 0 Å². The number of piperazine rings is 1. The molecule has 0 unspecified atom stereocenters. The van der Waals surface area contributed by atoms with Crippen LogP contribution in [0.15, 0.2) is 12.1 Å². The van der Waals surface area contributed by atoms with E-state index in [1.54, 1.807) is 0 Å².